The van der Waals surface area contributed by atoms with Gasteiger partial charge in [-0.15, -0.1) is 12.3 Å². The number of H-pyrrole nitrogens is 1. The van der Waals surface area contributed by atoms with Crippen LogP contribution in [0.4, 0.5) is 0 Å². The molecule has 0 unspecified atom stereocenters. The Bertz CT molecular complexity index is 904. The fourth-order valence-corrected chi connectivity index (χ4v) is 3.24. The van der Waals surface area contributed by atoms with E-state index in [0.29, 0.717) is 25.8 Å². The van der Waals surface area contributed by atoms with Crippen molar-refractivity contribution in [3.05, 3.63) is 23.9 Å². The van der Waals surface area contributed by atoms with Gasteiger partial charge in [-0.2, -0.15) is 10.2 Å². The minimum absolute atomic E-state index is 0.0282. The summed E-state index contributed by atoms with van der Waals surface area (Å²) in [6, 6.07) is 5.91. The van der Waals surface area contributed by atoms with Gasteiger partial charge < -0.3 is 19.8 Å². The number of methoxy groups -OCH3 is 2. The first-order valence-corrected chi connectivity index (χ1v) is 9.47. The lowest BCUT2D eigenvalue weighted by molar-refractivity contribution is -0.121. The number of ether oxygens (including phenoxy) is 2. The molecule has 3 rings (SSSR count). The molecule has 0 aliphatic carbocycles. The zero-order chi connectivity index (χ0) is 20.0. The molecule has 7 nitrogen and oxygen atoms in total. The molecule has 1 aliphatic rings. The standard InChI is InChI=1S/C21H26N4O3/c1-4-5-9-21(24-25-21)10-8-20(26)22-11-6-7-15-12-17-18(23-15)13-16(27-2)14-19(17)28-3/h1,12-14,23H,5-11H2,2-3H3,(H,22,26). The Morgan fingerprint density at radius 1 is 1.25 bits per heavy atom. The number of terminal acetylenes is 1. The molecule has 1 amide bonds. The molecule has 1 aliphatic heterocycles. The third-order valence-electron chi connectivity index (χ3n) is 4.94. The average Bonchev–Trinajstić information content (AvgIpc) is 3.37. The van der Waals surface area contributed by atoms with E-state index in [1.165, 1.54) is 0 Å². The van der Waals surface area contributed by atoms with Gasteiger partial charge in [-0.25, -0.2) is 0 Å². The van der Waals surface area contributed by atoms with E-state index in [4.69, 9.17) is 15.9 Å². The van der Waals surface area contributed by atoms with Crippen LogP contribution >= 0.6 is 0 Å². The van der Waals surface area contributed by atoms with Crippen molar-refractivity contribution in [2.24, 2.45) is 10.2 Å². The van der Waals surface area contributed by atoms with Crippen LogP contribution in [-0.4, -0.2) is 37.3 Å². The topological polar surface area (TPSA) is 88.1 Å². The minimum Gasteiger partial charge on any atom is -0.497 e. The van der Waals surface area contributed by atoms with Gasteiger partial charge in [-0.1, -0.05) is 0 Å². The lowest BCUT2D eigenvalue weighted by Gasteiger charge is -2.09. The van der Waals surface area contributed by atoms with Crippen molar-refractivity contribution in [3.63, 3.8) is 0 Å². The fourth-order valence-electron chi connectivity index (χ4n) is 3.24. The lowest BCUT2D eigenvalue weighted by Crippen LogP contribution is -2.26. The average molecular weight is 382 g/mol. The van der Waals surface area contributed by atoms with Gasteiger partial charge >= 0.3 is 0 Å². The van der Waals surface area contributed by atoms with Crippen molar-refractivity contribution in [2.75, 3.05) is 20.8 Å². The van der Waals surface area contributed by atoms with E-state index in [9.17, 15) is 4.79 Å². The number of carbonyl (C=O) groups excluding carboxylic acids is 1. The fraction of sp³-hybridized carbons (Fsp3) is 0.476. The van der Waals surface area contributed by atoms with Gasteiger partial charge in [-0.3, -0.25) is 4.79 Å². The van der Waals surface area contributed by atoms with Crippen LogP contribution in [0.15, 0.2) is 28.4 Å². The van der Waals surface area contributed by atoms with Gasteiger partial charge in [0.1, 0.15) is 11.5 Å². The van der Waals surface area contributed by atoms with Crippen LogP contribution in [0.25, 0.3) is 10.9 Å². The third kappa shape index (κ3) is 4.83. The molecule has 2 aromatic rings. The summed E-state index contributed by atoms with van der Waals surface area (Å²) in [6.07, 6.45) is 9.36. The Kier molecular flexibility index (Phi) is 6.19. The maximum atomic E-state index is 12.0. The zero-order valence-electron chi connectivity index (χ0n) is 16.4. The molecule has 0 saturated heterocycles. The highest BCUT2D eigenvalue weighted by molar-refractivity contribution is 5.88. The smallest absolute Gasteiger partial charge is 0.220 e. The first kappa shape index (κ1) is 19.7. The summed E-state index contributed by atoms with van der Waals surface area (Å²) < 4.78 is 10.7. The van der Waals surface area contributed by atoms with Crippen molar-refractivity contribution in [1.29, 1.82) is 0 Å². The summed E-state index contributed by atoms with van der Waals surface area (Å²) in [7, 11) is 3.28. The highest BCUT2D eigenvalue weighted by atomic mass is 16.5. The van der Waals surface area contributed by atoms with Crippen LogP contribution in [0, 0.1) is 12.3 Å². The molecule has 0 spiro atoms. The number of hydrogen-bond acceptors (Lipinski definition) is 5. The molecule has 0 bridgehead atoms. The van der Waals surface area contributed by atoms with Gasteiger partial charge in [0.2, 0.25) is 5.91 Å². The maximum Gasteiger partial charge on any atom is 0.220 e. The largest absolute Gasteiger partial charge is 0.497 e. The number of benzene rings is 1. The quantitative estimate of drug-likeness (QED) is 0.460. The molecule has 0 atom stereocenters. The number of nitrogens with one attached hydrogen (secondary N) is 2. The predicted molar refractivity (Wildman–Crippen MR) is 108 cm³/mol. The Morgan fingerprint density at radius 2 is 2.07 bits per heavy atom. The minimum atomic E-state index is -0.395. The molecule has 0 radical (unpaired) electrons. The van der Waals surface area contributed by atoms with Crippen molar-refractivity contribution >= 4 is 16.8 Å². The number of rotatable bonds is 11. The number of hydrogen-bond donors (Lipinski definition) is 2. The number of carbonyl (C=O) groups is 1. The summed E-state index contributed by atoms with van der Waals surface area (Å²) in [6.45, 7) is 0.625. The summed E-state index contributed by atoms with van der Waals surface area (Å²) in [5, 5.41) is 12.1. The van der Waals surface area contributed by atoms with Gasteiger partial charge in [0.15, 0.2) is 5.66 Å². The van der Waals surface area contributed by atoms with E-state index in [0.717, 1.165) is 47.4 Å². The zero-order valence-corrected chi connectivity index (χ0v) is 16.4. The molecule has 7 heteroatoms. The Balaban J connectivity index is 1.43. The highest BCUT2D eigenvalue weighted by Crippen LogP contribution is 2.37. The second-order valence-corrected chi connectivity index (χ2v) is 6.93. The molecule has 2 N–H and O–H groups in total. The predicted octanol–water partition coefficient (Wildman–Crippen LogP) is 3.59. The molecule has 0 fully saturated rings. The SMILES string of the molecule is C#CCCC1(CCC(=O)NCCCc2cc3c(OC)cc(OC)cc3[nH]2)N=N1. The molecule has 28 heavy (non-hydrogen) atoms. The summed E-state index contributed by atoms with van der Waals surface area (Å²) in [5.41, 5.74) is 1.68. The van der Waals surface area contributed by atoms with Crippen LogP contribution in [0.5, 0.6) is 11.5 Å². The first-order chi connectivity index (χ1) is 13.6. The molecular formula is C21H26N4O3. The second-order valence-electron chi connectivity index (χ2n) is 6.93. The van der Waals surface area contributed by atoms with E-state index < -0.39 is 5.66 Å². The highest BCUT2D eigenvalue weighted by Gasteiger charge is 2.39. The Morgan fingerprint density at radius 3 is 2.75 bits per heavy atom. The third-order valence-corrected chi connectivity index (χ3v) is 4.94. The van der Waals surface area contributed by atoms with Crippen LogP contribution in [0.1, 0.15) is 37.8 Å². The maximum absolute atomic E-state index is 12.0. The summed E-state index contributed by atoms with van der Waals surface area (Å²) >= 11 is 0. The number of fused-ring (bicyclic) bond motifs is 1. The molecule has 1 aromatic carbocycles. The van der Waals surface area contributed by atoms with Crippen LogP contribution in [0.3, 0.4) is 0 Å². The van der Waals surface area contributed by atoms with Crippen molar-refractivity contribution in [3.8, 4) is 23.8 Å². The van der Waals surface area contributed by atoms with Crippen LogP contribution in [0.2, 0.25) is 0 Å². The van der Waals surface area contributed by atoms with Gasteiger partial charge in [0.25, 0.3) is 0 Å². The van der Waals surface area contributed by atoms with Gasteiger partial charge in [-0.05, 0) is 18.9 Å². The molecule has 1 aromatic heterocycles. The van der Waals surface area contributed by atoms with Crippen molar-refractivity contribution < 1.29 is 14.3 Å². The van der Waals surface area contributed by atoms with Gasteiger partial charge in [0.05, 0.1) is 19.7 Å². The monoisotopic (exact) mass is 382 g/mol. The van der Waals surface area contributed by atoms with E-state index in [1.54, 1.807) is 14.2 Å². The van der Waals surface area contributed by atoms with Crippen molar-refractivity contribution in [2.45, 2.75) is 44.2 Å². The summed E-state index contributed by atoms with van der Waals surface area (Å²) in [4.78, 5) is 15.4. The number of nitrogens with zero attached hydrogens (tertiary/aromatic N) is 2. The van der Waals surface area contributed by atoms with Crippen LogP contribution < -0.4 is 14.8 Å². The first-order valence-electron chi connectivity index (χ1n) is 9.47. The van der Waals surface area contributed by atoms with Gasteiger partial charge in [0, 0.05) is 55.4 Å². The number of aromatic amines is 1. The number of aryl methyl sites for hydroxylation is 1. The van der Waals surface area contributed by atoms with E-state index in [-0.39, 0.29) is 5.91 Å². The van der Waals surface area contributed by atoms with Crippen LogP contribution in [-0.2, 0) is 11.2 Å². The molecular weight excluding hydrogens is 356 g/mol. The summed E-state index contributed by atoms with van der Waals surface area (Å²) in [5.74, 6) is 4.15. The molecule has 0 saturated carbocycles. The number of aromatic nitrogens is 1. The van der Waals surface area contributed by atoms with E-state index in [1.807, 2.05) is 12.1 Å². The number of amides is 1. The Hall–Kier alpha value is -3.01. The molecule has 2 heterocycles. The van der Waals surface area contributed by atoms with E-state index >= 15 is 0 Å². The Labute approximate surface area is 164 Å². The van der Waals surface area contributed by atoms with Crippen molar-refractivity contribution in [1.82, 2.24) is 10.3 Å². The second kappa shape index (κ2) is 8.79. The lowest BCUT2D eigenvalue weighted by atomic mass is 10.0. The normalized spacial score (nSPS) is 13.9. The van der Waals surface area contributed by atoms with E-state index in [2.05, 4.69) is 32.5 Å². The molecule has 148 valence electrons.